The summed E-state index contributed by atoms with van der Waals surface area (Å²) < 4.78 is 10.9. The highest BCUT2D eigenvalue weighted by Crippen LogP contribution is 2.24. The summed E-state index contributed by atoms with van der Waals surface area (Å²) >= 11 is 0. The van der Waals surface area contributed by atoms with Crippen molar-refractivity contribution in [1.82, 2.24) is 0 Å². The van der Waals surface area contributed by atoms with Gasteiger partial charge in [0.1, 0.15) is 11.5 Å². The van der Waals surface area contributed by atoms with Crippen LogP contribution in [0.25, 0.3) is 0 Å². The molecule has 0 saturated carbocycles. The van der Waals surface area contributed by atoms with Gasteiger partial charge in [0.05, 0.1) is 13.2 Å². The number of hydrogen-bond acceptors (Lipinski definition) is 3. The second-order valence-electron chi connectivity index (χ2n) is 3.37. The molecule has 15 heavy (non-hydrogen) atoms. The summed E-state index contributed by atoms with van der Waals surface area (Å²) in [6.45, 7) is 5.44. The number of anilines is 1. The predicted molar refractivity (Wildman–Crippen MR) is 62.4 cm³/mol. The average molecular weight is 209 g/mol. The fourth-order valence-corrected chi connectivity index (χ4v) is 1.26. The van der Waals surface area contributed by atoms with Crippen LogP contribution >= 0.6 is 0 Å². The van der Waals surface area contributed by atoms with Crippen molar-refractivity contribution in [2.24, 2.45) is 0 Å². The van der Waals surface area contributed by atoms with E-state index < -0.39 is 0 Å². The van der Waals surface area contributed by atoms with Crippen LogP contribution in [0.1, 0.15) is 26.7 Å². The van der Waals surface area contributed by atoms with Crippen molar-refractivity contribution >= 4 is 5.69 Å². The van der Waals surface area contributed by atoms with E-state index in [0.29, 0.717) is 12.3 Å². The molecule has 0 aliphatic rings. The highest BCUT2D eigenvalue weighted by molar-refractivity contribution is 5.50. The maximum atomic E-state index is 5.73. The van der Waals surface area contributed by atoms with Crippen LogP contribution in [0.4, 0.5) is 5.69 Å². The fourth-order valence-electron chi connectivity index (χ4n) is 1.26. The quantitative estimate of drug-likeness (QED) is 0.578. The molecule has 0 aliphatic carbocycles. The van der Waals surface area contributed by atoms with Gasteiger partial charge in [-0.15, -0.1) is 0 Å². The molecule has 0 radical (unpaired) electrons. The first-order chi connectivity index (χ1) is 7.26. The minimum absolute atomic E-state index is 0.637. The molecule has 1 rings (SSSR count). The van der Waals surface area contributed by atoms with E-state index in [1.54, 1.807) is 6.07 Å². The van der Waals surface area contributed by atoms with Gasteiger partial charge in [-0.2, -0.15) is 0 Å². The van der Waals surface area contributed by atoms with Gasteiger partial charge in [0.2, 0.25) is 0 Å². The molecule has 0 atom stereocenters. The number of hydrogen-bond donors (Lipinski definition) is 1. The van der Waals surface area contributed by atoms with E-state index in [-0.39, 0.29) is 0 Å². The lowest BCUT2D eigenvalue weighted by atomic mass is 10.3. The largest absolute Gasteiger partial charge is 0.494 e. The van der Waals surface area contributed by atoms with E-state index >= 15 is 0 Å². The number of rotatable bonds is 6. The number of nitrogen functional groups attached to an aromatic ring is 1. The highest BCUT2D eigenvalue weighted by Gasteiger charge is 2.00. The number of ether oxygens (including phenoxy) is 2. The molecule has 3 nitrogen and oxygen atoms in total. The molecule has 2 N–H and O–H groups in total. The molecular formula is C12H19NO2. The van der Waals surface area contributed by atoms with E-state index in [0.717, 1.165) is 30.9 Å². The Hall–Kier alpha value is -1.38. The minimum Gasteiger partial charge on any atom is -0.494 e. The monoisotopic (exact) mass is 209 g/mol. The topological polar surface area (TPSA) is 44.5 Å². The molecule has 0 unspecified atom stereocenters. The van der Waals surface area contributed by atoms with E-state index in [2.05, 4.69) is 6.92 Å². The Morgan fingerprint density at radius 1 is 1.07 bits per heavy atom. The van der Waals surface area contributed by atoms with Gasteiger partial charge in [-0.05, 0) is 13.3 Å². The van der Waals surface area contributed by atoms with Gasteiger partial charge in [-0.25, -0.2) is 0 Å². The fraction of sp³-hybridized carbons (Fsp3) is 0.500. The lowest BCUT2D eigenvalue weighted by Gasteiger charge is -2.09. The smallest absolute Gasteiger partial charge is 0.125 e. The lowest BCUT2D eigenvalue weighted by molar-refractivity contribution is 0.303. The first kappa shape index (κ1) is 11.7. The van der Waals surface area contributed by atoms with Crippen LogP contribution in [0.2, 0.25) is 0 Å². The van der Waals surface area contributed by atoms with Gasteiger partial charge < -0.3 is 15.2 Å². The van der Waals surface area contributed by atoms with Crippen molar-refractivity contribution in [3.63, 3.8) is 0 Å². The van der Waals surface area contributed by atoms with Crippen LogP contribution in [0.15, 0.2) is 18.2 Å². The van der Waals surface area contributed by atoms with Gasteiger partial charge in [0, 0.05) is 23.9 Å². The van der Waals surface area contributed by atoms with E-state index in [9.17, 15) is 0 Å². The van der Waals surface area contributed by atoms with E-state index in [1.165, 1.54) is 0 Å². The maximum absolute atomic E-state index is 5.73. The second kappa shape index (κ2) is 6.17. The number of nitrogens with two attached hydrogens (primary N) is 1. The van der Waals surface area contributed by atoms with Crippen molar-refractivity contribution in [1.29, 1.82) is 0 Å². The Kier molecular flexibility index (Phi) is 4.81. The molecule has 3 heteroatoms. The molecular weight excluding hydrogens is 190 g/mol. The molecule has 0 heterocycles. The van der Waals surface area contributed by atoms with Crippen molar-refractivity contribution in [2.75, 3.05) is 18.9 Å². The first-order valence-electron chi connectivity index (χ1n) is 5.42. The van der Waals surface area contributed by atoms with Gasteiger partial charge in [-0.1, -0.05) is 13.3 Å². The minimum atomic E-state index is 0.637. The standard InChI is InChI=1S/C12H19NO2/c1-3-5-6-15-12-8-10(13)7-11(9-12)14-4-2/h7-9H,3-6,13H2,1-2H3. The van der Waals surface area contributed by atoms with Crippen LogP contribution in [0.5, 0.6) is 11.5 Å². The maximum Gasteiger partial charge on any atom is 0.125 e. The van der Waals surface area contributed by atoms with Crippen molar-refractivity contribution in [2.45, 2.75) is 26.7 Å². The van der Waals surface area contributed by atoms with Crippen LogP contribution in [0.3, 0.4) is 0 Å². The van der Waals surface area contributed by atoms with Crippen molar-refractivity contribution in [3.8, 4) is 11.5 Å². The lowest BCUT2D eigenvalue weighted by Crippen LogP contribution is -1.99. The van der Waals surface area contributed by atoms with Crippen LogP contribution in [0, 0.1) is 0 Å². The zero-order valence-electron chi connectivity index (χ0n) is 9.45. The summed E-state index contributed by atoms with van der Waals surface area (Å²) in [5, 5.41) is 0. The summed E-state index contributed by atoms with van der Waals surface area (Å²) in [7, 11) is 0. The number of unbranched alkanes of at least 4 members (excludes halogenated alkanes) is 1. The molecule has 0 amide bonds. The molecule has 0 fully saturated rings. The Labute approximate surface area is 91.2 Å². The molecule has 0 bridgehead atoms. The Bertz CT molecular complexity index is 300. The summed E-state index contributed by atoms with van der Waals surface area (Å²) in [6, 6.07) is 5.49. The van der Waals surface area contributed by atoms with Gasteiger partial charge >= 0.3 is 0 Å². The third-order valence-corrected chi connectivity index (χ3v) is 1.98. The van der Waals surface area contributed by atoms with Gasteiger partial charge in [-0.3, -0.25) is 0 Å². The summed E-state index contributed by atoms with van der Waals surface area (Å²) in [5.41, 5.74) is 6.41. The SMILES string of the molecule is CCCCOc1cc(N)cc(OCC)c1. The van der Waals surface area contributed by atoms with Gasteiger partial charge in [0.15, 0.2) is 0 Å². The molecule has 0 aliphatic heterocycles. The highest BCUT2D eigenvalue weighted by atomic mass is 16.5. The summed E-state index contributed by atoms with van der Waals surface area (Å²) in [5.74, 6) is 1.55. The van der Waals surface area contributed by atoms with E-state index in [1.807, 2.05) is 19.1 Å². The molecule has 1 aromatic carbocycles. The van der Waals surface area contributed by atoms with Gasteiger partial charge in [0.25, 0.3) is 0 Å². The molecule has 0 saturated heterocycles. The third-order valence-electron chi connectivity index (χ3n) is 1.98. The predicted octanol–water partition coefficient (Wildman–Crippen LogP) is 2.85. The molecule has 1 aromatic rings. The van der Waals surface area contributed by atoms with Crippen molar-refractivity contribution < 1.29 is 9.47 Å². The third kappa shape index (κ3) is 4.11. The van der Waals surface area contributed by atoms with Crippen LogP contribution in [-0.4, -0.2) is 13.2 Å². The van der Waals surface area contributed by atoms with E-state index in [4.69, 9.17) is 15.2 Å². The zero-order valence-corrected chi connectivity index (χ0v) is 9.45. The summed E-state index contributed by atoms with van der Waals surface area (Å²) in [4.78, 5) is 0. The average Bonchev–Trinajstić information content (AvgIpc) is 2.18. The Morgan fingerprint density at radius 2 is 1.73 bits per heavy atom. The molecule has 0 aromatic heterocycles. The van der Waals surface area contributed by atoms with Crippen LogP contribution in [-0.2, 0) is 0 Å². The first-order valence-corrected chi connectivity index (χ1v) is 5.42. The van der Waals surface area contributed by atoms with Crippen molar-refractivity contribution in [3.05, 3.63) is 18.2 Å². The Balaban J connectivity index is 2.62. The second-order valence-corrected chi connectivity index (χ2v) is 3.37. The number of benzene rings is 1. The Morgan fingerprint density at radius 3 is 2.33 bits per heavy atom. The normalized spacial score (nSPS) is 10.0. The zero-order chi connectivity index (χ0) is 11.1. The molecule has 0 spiro atoms. The van der Waals surface area contributed by atoms with Crippen LogP contribution < -0.4 is 15.2 Å². The summed E-state index contributed by atoms with van der Waals surface area (Å²) in [6.07, 6.45) is 2.18. The molecule has 84 valence electrons.